The van der Waals surface area contributed by atoms with E-state index in [0.717, 1.165) is 12.1 Å². The molecule has 0 aliphatic rings. The molecule has 0 spiro atoms. The first-order valence-corrected chi connectivity index (χ1v) is 4.52. The third kappa shape index (κ3) is 3.16. The van der Waals surface area contributed by atoms with Gasteiger partial charge in [-0.2, -0.15) is 0 Å². The van der Waals surface area contributed by atoms with Crippen molar-refractivity contribution < 1.29 is 23.8 Å². The molecule has 0 saturated heterocycles. The van der Waals surface area contributed by atoms with Gasteiger partial charge in [0, 0.05) is 0 Å². The van der Waals surface area contributed by atoms with Crippen LogP contribution in [0, 0.1) is 5.82 Å². The summed E-state index contributed by atoms with van der Waals surface area (Å²) in [7, 11) is 0. The molecule has 0 bridgehead atoms. The maximum absolute atomic E-state index is 13.0. The van der Waals surface area contributed by atoms with E-state index in [9.17, 15) is 13.6 Å². The Morgan fingerprint density at radius 3 is 2.62 bits per heavy atom. The second-order valence-electron chi connectivity index (χ2n) is 3.21. The predicted octanol–water partition coefficient (Wildman–Crippen LogP) is 1.60. The largest absolute Gasteiger partial charge is 0.465 e. The maximum atomic E-state index is 13.0. The van der Waals surface area contributed by atoms with E-state index in [-0.39, 0.29) is 11.1 Å². The van der Waals surface area contributed by atoms with Crippen LogP contribution < -0.4 is 5.32 Å². The van der Waals surface area contributed by atoms with Crippen LogP contribution in [0.4, 0.5) is 13.6 Å². The minimum atomic E-state index is -1.34. The number of aliphatic hydroxyl groups excluding tert-OH is 1. The lowest BCUT2D eigenvalue weighted by Gasteiger charge is -2.15. The average molecular weight is 231 g/mol. The van der Waals surface area contributed by atoms with Gasteiger partial charge < -0.3 is 15.5 Å². The quantitative estimate of drug-likeness (QED) is 0.737. The molecule has 1 amide bonds. The molecule has 0 aliphatic heterocycles. The number of alkyl halides is 1. The molecule has 88 valence electrons. The van der Waals surface area contributed by atoms with Crippen LogP contribution in [0.25, 0.3) is 0 Å². The third-order valence-electron chi connectivity index (χ3n) is 2.02. The maximum Gasteiger partial charge on any atom is 0.405 e. The van der Waals surface area contributed by atoms with Gasteiger partial charge in [0.15, 0.2) is 0 Å². The lowest BCUT2D eigenvalue weighted by molar-refractivity contribution is 0.177. The number of carbonyl (C=O) groups is 1. The second-order valence-corrected chi connectivity index (χ2v) is 3.21. The molecule has 1 aromatic carbocycles. The van der Waals surface area contributed by atoms with Crippen LogP contribution >= 0.6 is 0 Å². The number of aliphatic hydroxyl groups is 1. The van der Waals surface area contributed by atoms with Crippen LogP contribution in [0.1, 0.15) is 17.2 Å². The highest BCUT2D eigenvalue weighted by molar-refractivity contribution is 5.65. The summed E-state index contributed by atoms with van der Waals surface area (Å²) in [6, 6.07) is 2.41. The van der Waals surface area contributed by atoms with Crippen LogP contribution in [0.5, 0.6) is 0 Å². The molecule has 0 aliphatic carbocycles. The van der Waals surface area contributed by atoms with Crippen molar-refractivity contribution in [3.8, 4) is 0 Å². The smallest absolute Gasteiger partial charge is 0.405 e. The Hall–Kier alpha value is -1.69. The molecule has 0 fully saturated rings. The van der Waals surface area contributed by atoms with Gasteiger partial charge >= 0.3 is 6.09 Å². The number of hydrogen-bond donors (Lipinski definition) is 3. The second kappa shape index (κ2) is 5.41. The summed E-state index contributed by atoms with van der Waals surface area (Å²) in [5.74, 6) is -0.671. The number of hydrogen-bond acceptors (Lipinski definition) is 2. The Kier molecular flexibility index (Phi) is 4.19. The minimum absolute atomic E-state index is 0.0978. The number of carboxylic acid groups (broad SMARTS) is 1. The van der Waals surface area contributed by atoms with Crippen molar-refractivity contribution in [3.05, 3.63) is 35.1 Å². The van der Waals surface area contributed by atoms with Gasteiger partial charge in [-0.1, -0.05) is 6.07 Å². The number of halogens is 2. The Morgan fingerprint density at radius 1 is 1.44 bits per heavy atom. The molecule has 3 N–H and O–H groups in total. The Labute approximate surface area is 90.5 Å². The zero-order valence-electron chi connectivity index (χ0n) is 8.28. The van der Waals surface area contributed by atoms with Crippen molar-refractivity contribution in [3.63, 3.8) is 0 Å². The van der Waals surface area contributed by atoms with Crippen molar-refractivity contribution >= 4 is 6.09 Å². The van der Waals surface area contributed by atoms with Crippen LogP contribution in [0.2, 0.25) is 0 Å². The van der Waals surface area contributed by atoms with Crippen molar-refractivity contribution in [2.45, 2.75) is 12.7 Å². The molecule has 0 radical (unpaired) electrons. The van der Waals surface area contributed by atoms with Gasteiger partial charge in [0.05, 0.1) is 12.6 Å². The van der Waals surface area contributed by atoms with Crippen LogP contribution in [0.15, 0.2) is 18.2 Å². The first-order chi connectivity index (χ1) is 7.56. The van der Waals surface area contributed by atoms with E-state index in [2.05, 4.69) is 0 Å². The highest BCUT2D eigenvalue weighted by Crippen LogP contribution is 2.17. The summed E-state index contributed by atoms with van der Waals surface area (Å²) < 4.78 is 25.4. The van der Waals surface area contributed by atoms with Crippen molar-refractivity contribution in [1.29, 1.82) is 0 Å². The van der Waals surface area contributed by atoms with E-state index in [0.29, 0.717) is 0 Å². The number of amides is 1. The Bertz CT molecular complexity index is 384. The number of benzene rings is 1. The van der Waals surface area contributed by atoms with Gasteiger partial charge in [-0.25, -0.2) is 13.6 Å². The molecule has 1 rings (SSSR count). The summed E-state index contributed by atoms with van der Waals surface area (Å²) in [5.41, 5.74) is 0.290. The molecule has 4 nitrogen and oxygen atoms in total. The molecule has 1 unspecified atom stereocenters. The zero-order chi connectivity index (χ0) is 12.1. The summed E-state index contributed by atoms with van der Waals surface area (Å²) in [5, 5.41) is 19.4. The van der Waals surface area contributed by atoms with Gasteiger partial charge in [0.1, 0.15) is 12.5 Å². The van der Waals surface area contributed by atoms with E-state index in [1.54, 1.807) is 0 Å². The monoisotopic (exact) mass is 231 g/mol. The van der Waals surface area contributed by atoms with Crippen molar-refractivity contribution in [2.75, 3.05) is 6.61 Å². The van der Waals surface area contributed by atoms with Gasteiger partial charge in [-0.3, -0.25) is 0 Å². The molecular weight excluding hydrogens is 220 g/mol. The minimum Gasteiger partial charge on any atom is -0.465 e. The van der Waals surface area contributed by atoms with E-state index in [1.807, 2.05) is 5.32 Å². The Morgan fingerprint density at radius 2 is 2.12 bits per heavy atom. The van der Waals surface area contributed by atoms with Gasteiger partial charge in [0.2, 0.25) is 0 Å². The number of rotatable bonds is 4. The fourth-order valence-electron chi connectivity index (χ4n) is 1.34. The standard InChI is InChI=1S/C10H11F2NO3/c11-4-6-1-7(3-8(12)2-6)9(5-14)13-10(15)16/h1-3,9,13-14H,4-5H2,(H,15,16). The first kappa shape index (κ1) is 12.4. The summed E-state index contributed by atoms with van der Waals surface area (Å²) in [6.07, 6.45) is -1.34. The summed E-state index contributed by atoms with van der Waals surface area (Å²) in [4.78, 5) is 10.4. The molecule has 0 heterocycles. The molecular formula is C10H11F2NO3. The molecule has 16 heavy (non-hydrogen) atoms. The van der Waals surface area contributed by atoms with Crippen LogP contribution in [-0.4, -0.2) is 22.9 Å². The van der Waals surface area contributed by atoms with Crippen molar-refractivity contribution in [2.24, 2.45) is 0 Å². The van der Waals surface area contributed by atoms with Crippen LogP contribution in [0.3, 0.4) is 0 Å². The van der Waals surface area contributed by atoms with Gasteiger partial charge in [-0.05, 0) is 23.3 Å². The molecule has 0 saturated carbocycles. The highest BCUT2D eigenvalue weighted by Gasteiger charge is 2.14. The lowest BCUT2D eigenvalue weighted by Crippen LogP contribution is -2.29. The van der Waals surface area contributed by atoms with E-state index in [4.69, 9.17) is 10.2 Å². The molecule has 1 aromatic rings. The highest BCUT2D eigenvalue weighted by atomic mass is 19.1. The van der Waals surface area contributed by atoms with E-state index >= 15 is 0 Å². The van der Waals surface area contributed by atoms with E-state index < -0.39 is 31.2 Å². The zero-order valence-corrected chi connectivity index (χ0v) is 8.28. The van der Waals surface area contributed by atoms with Crippen LogP contribution in [-0.2, 0) is 6.67 Å². The topological polar surface area (TPSA) is 69.6 Å². The fourth-order valence-corrected chi connectivity index (χ4v) is 1.34. The SMILES string of the molecule is O=C(O)NC(CO)c1cc(F)cc(CF)c1. The summed E-state index contributed by atoms with van der Waals surface area (Å²) in [6.45, 7) is -1.38. The number of nitrogens with one attached hydrogen (secondary N) is 1. The normalized spacial score (nSPS) is 12.2. The molecule has 1 atom stereocenters. The molecule has 0 aromatic heterocycles. The predicted molar refractivity (Wildman–Crippen MR) is 52.2 cm³/mol. The molecule has 6 heteroatoms. The third-order valence-corrected chi connectivity index (χ3v) is 2.02. The Balaban J connectivity index is 2.99. The average Bonchev–Trinajstić information content (AvgIpc) is 2.24. The van der Waals surface area contributed by atoms with E-state index in [1.165, 1.54) is 6.07 Å². The van der Waals surface area contributed by atoms with Gasteiger partial charge in [0.25, 0.3) is 0 Å². The lowest BCUT2D eigenvalue weighted by atomic mass is 10.0. The summed E-state index contributed by atoms with van der Waals surface area (Å²) >= 11 is 0. The van der Waals surface area contributed by atoms with Crippen molar-refractivity contribution in [1.82, 2.24) is 5.32 Å². The first-order valence-electron chi connectivity index (χ1n) is 4.52. The fraction of sp³-hybridized carbons (Fsp3) is 0.300. The van der Waals surface area contributed by atoms with Gasteiger partial charge in [-0.15, -0.1) is 0 Å².